The summed E-state index contributed by atoms with van der Waals surface area (Å²) in [6, 6.07) is 12.0. The Morgan fingerprint density at radius 3 is 2.58 bits per heavy atom. The highest BCUT2D eigenvalue weighted by atomic mass is 35.5. The van der Waals surface area contributed by atoms with Crippen molar-refractivity contribution in [1.82, 2.24) is 14.7 Å². The summed E-state index contributed by atoms with van der Waals surface area (Å²) in [5, 5.41) is 0.741. The van der Waals surface area contributed by atoms with Gasteiger partial charge in [-0.15, -0.1) is 0 Å². The third kappa shape index (κ3) is 6.89. The van der Waals surface area contributed by atoms with Gasteiger partial charge in [-0.3, -0.25) is 14.5 Å². The van der Waals surface area contributed by atoms with E-state index in [1.807, 2.05) is 11.0 Å². The first-order chi connectivity index (χ1) is 17.4. The van der Waals surface area contributed by atoms with Crippen LogP contribution in [0.5, 0.6) is 5.75 Å². The Labute approximate surface area is 221 Å². The van der Waals surface area contributed by atoms with E-state index >= 15 is 0 Å². The van der Waals surface area contributed by atoms with E-state index in [2.05, 4.69) is 4.90 Å². The SMILES string of the molecule is COc1cccc(C(=O)N(CCN2CCOCC2)CC2CN(C(=O)c3ccc(Cl)c(Cl)c3)CCO2)c1. The second-order valence-corrected chi connectivity index (χ2v) is 9.62. The number of hydrogen-bond donors (Lipinski definition) is 0. The number of halogens is 2. The highest BCUT2D eigenvalue weighted by molar-refractivity contribution is 6.42. The molecule has 2 aliphatic heterocycles. The Morgan fingerprint density at radius 2 is 1.83 bits per heavy atom. The zero-order valence-electron chi connectivity index (χ0n) is 20.3. The highest BCUT2D eigenvalue weighted by Gasteiger charge is 2.29. The van der Waals surface area contributed by atoms with Gasteiger partial charge in [0.15, 0.2) is 0 Å². The van der Waals surface area contributed by atoms with Crippen molar-refractivity contribution >= 4 is 35.0 Å². The second kappa shape index (κ2) is 12.7. The normalized spacial score (nSPS) is 18.6. The maximum Gasteiger partial charge on any atom is 0.254 e. The Balaban J connectivity index is 1.46. The van der Waals surface area contributed by atoms with Crippen LogP contribution in [0.3, 0.4) is 0 Å². The molecule has 8 nitrogen and oxygen atoms in total. The number of methoxy groups -OCH3 is 1. The van der Waals surface area contributed by atoms with Crippen molar-refractivity contribution in [2.45, 2.75) is 6.10 Å². The molecule has 2 aromatic carbocycles. The lowest BCUT2D eigenvalue weighted by molar-refractivity contribution is -0.0346. The molecule has 4 rings (SSSR count). The van der Waals surface area contributed by atoms with Gasteiger partial charge in [-0.25, -0.2) is 0 Å². The van der Waals surface area contributed by atoms with Crippen LogP contribution in [0, 0.1) is 0 Å². The largest absolute Gasteiger partial charge is 0.497 e. The van der Waals surface area contributed by atoms with Gasteiger partial charge < -0.3 is 24.0 Å². The van der Waals surface area contributed by atoms with Crippen molar-refractivity contribution in [3.8, 4) is 5.75 Å². The van der Waals surface area contributed by atoms with Crippen LogP contribution in [0.2, 0.25) is 10.0 Å². The summed E-state index contributed by atoms with van der Waals surface area (Å²) in [6.07, 6.45) is -0.315. The molecular formula is C26H31Cl2N3O5. The lowest BCUT2D eigenvalue weighted by atomic mass is 10.1. The van der Waals surface area contributed by atoms with E-state index in [-0.39, 0.29) is 17.9 Å². The van der Waals surface area contributed by atoms with E-state index in [0.29, 0.717) is 72.9 Å². The van der Waals surface area contributed by atoms with Gasteiger partial charge in [-0.1, -0.05) is 29.3 Å². The number of hydrogen-bond acceptors (Lipinski definition) is 6. The predicted octanol–water partition coefficient (Wildman–Crippen LogP) is 3.32. The molecule has 0 N–H and O–H groups in total. The van der Waals surface area contributed by atoms with Crippen LogP contribution in [-0.4, -0.2) is 105 Å². The minimum atomic E-state index is -0.315. The lowest BCUT2D eigenvalue weighted by Crippen LogP contribution is -2.52. The quantitative estimate of drug-likeness (QED) is 0.516. The number of nitrogens with zero attached hydrogens (tertiary/aromatic N) is 3. The highest BCUT2D eigenvalue weighted by Crippen LogP contribution is 2.24. The molecule has 0 spiro atoms. The van der Waals surface area contributed by atoms with Crippen molar-refractivity contribution in [3.05, 3.63) is 63.6 Å². The van der Waals surface area contributed by atoms with E-state index in [1.54, 1.807) is 48.4 Å². The molecule has 2 aliphatic rings. The first-order valence-electron chi connectivity index (χ1n) is 12.0. The maximum atomic E-state index is 13.5. The molecule has 0 aliphatic carbocycles. The van der Waals surface area contributed by atoms with Gasteiger partial charge in [0, 0.05) is 56.9 Å². The van der Waals surface area contributed by atoms with Crippen molar-refractivity contribution < 1.29 is 23.8 Å². The van der Waals surface area contributed by atoms with Gasteiger partial charge in [-0.05, 0) is 36.4 Å². The third-order valence-electron chi connectivity index (χ3n) is 6.41. The number of benzene rings is 2. The van der Waals surface area contributed by atoms with Gasteiger partial charge >= 0.3 is 0 Å². The number of carbonyl (C=O) groups excluding carboxylic acids is 2. The summed E-state index contributed by atoms with van der Waals surface area (Å²) in [6.45, 7) is 5.94. The summed E-state index contributed by atoms with van der Waals surface area (Å²) in [5.41, 5.74) is 1.03. The number of ether oxygens (including phenoxy) is 3. The predicted molar refractivity (Wildman–Crippen MR) is 138 cm³/mol. The topological polar surface area (TPSA) is 71.6 Å². The average molecular weight is 536 g/mol. The van der Waals surface area contributed by atoms with Crippen molar-refractivity contribution in [2.75, 3.05) is 72.7 Å². The molecule has 1 unspecified atom stereocenters. The van der Waals surface area contributed by atoms with Crippen LogP contribution < -0.4 is 4.74 Å². The summed E-state index contributed by atoms with van der Waals surface area (Å²) in [7, 11) is 1.58. The van der Waals surface area contributed by atoms with E-state index < -0.39 is 0 Å². The van der Waals surface area contributed by atoms with Gasteiger partial charge in [0.25, 0.3) is 11.8 Å². The lowest BCUT2D eigenvalue weighted by Gasteiger charge is -2.37. The summed E-state index contributed by atoms with van der Waals surface area (Å²) >= 11 is 12.1. The molecule has 2 aromatic rings. The summed E-state index contributed by atoms with van der Waals surface area (Å²) in [4.78, 5) is 32.5. The van der Waals surface area contributed by atoms with Crippen LogP contribution in [0.1, 0.15) is 20.7 Å². The van der Waals surface area contributed by atoms with E-state index in [9.17, 15) is 9.59 Å². The minimum absolute atomic E-state index is 0.0984. The zero-order chi connectivity index (χ0) is 25.5. The molecule has 0 saturated carbocycles. The van der Waals surface area contributed by atoms with Crippen LogP contribution in [0.15, 0.2) is 42.5 Å². The smallest absolute Gasteiger partial charge is 0.254 e. The molecule has 36 heavy (non-hydrogen) atoms. The molecule has 10 heteroatoms. The molecule has 194 valence electrons. The number of amides is 2. The van der Waals surface area contributed by atoms with E-state index in [0.717, 1.165) is 19.6 Å². The molecule has 0 bridgehead atoms. The molecule has 0 radical (unpaired) electrons. The molecule has 2 saturated heterocycles. The summed E-state index contributed by atoms with van der Waals surface area (Å²) < 4.78 is 16.8. The van der Waals surface area contributed by atoms with Crippen LogP contribution in [0.25, 0.3) is 0 Å². The number of carbonyl (C=O) groups is 2. The third-order valence-corrected chi connectivity index (χ3v) is 7.15. The second-order valence-electron chi connectivity index (χ2n) is 8.81. The Morgan fingerprint density at radius 1 is 1.03 bits per heavy atom. The zero-order valence-corrected chi connectivity index (χ0v) is 21.8. The van der Waals surface area contributed by atoms with Crippen LogP contribution >= 0.6 is 23.2 Å². The van der Waals surface area contributed by atoms with Crippen LogP contribution in [0.4, 0.5) is 0 Å². The maximum absolute atomic E-state index is 13.5. The Hall–Kier alpha value is -2.36. The average Bonchev–Trinajstić information content (AvgIpc) is 2.92. The summed E-state index contributed by atoms with van der Waals surface area (Å²) in [5.74, 6) is 0.390. The molecule has 1 atom stereocenters. The monoisotopic (exact) mass is 535 g/mol. The first-order valence-corrected chi connectivity index (χ1v) is 12.8. The Bertz CT molecular complexity index is 1060. The van der Waals surface area contributed by atoms with Crippen LogP contribution in [-0.2, 0) is 9.47 Å². The van der Waals surface area contributed by atoms with Gasteiger partial charge in [0.2, 0.25) is 0 Å². The van der Waals surface area contributed by atoms with Gasteiger partial charge in [-0.2, -0.15) is 0 Å². The van der Waals surface area contributed by atoms with Crippen molar-refractivity contribution in [2.24, 2.45) is 0 Å². The molecule has 2 heterocycles. The fourth-order valence-corrected chi connectivity index (χ4v) is 4.67. The van der Waals surface area contributed by atoms with Crippen molar-refractivity contribution in [1.29, 1.82) is 0 Å². The van der Waals surface area contributed by atoms with Gasteiger partial charge in [0.05, 0.1) is 43.1 Å². The fourth-order valence-electron chi connectivity index (χ4n) is 4.37. The van der Waals surface area contributed by atoms with E-state index in [1.165, 1.54) is 0 Å². The molecule has 2 fully saturated rings. The Kier molecular flexibility index (Phi) is 9.45. The number of morpholine rings is 2. The fraction of sp³-hybridized carbons (Fsp3) is 0.462. The molecule has 2 amide bonds. The molecule has 0 aromatic heterocycles. The first kappa shape index (κ1) is 26.7. The minimum Gasteiger partial charge on any atom is -0.497 e. The standard InChI is InChI=1S/C26H31Cl2N3O5/c1-34-21-4-2-3-19(15-21)25(32)30(8-7-29-9-12-35-13-10-29)17-22-18-31(11-14-36-22)26(33)20-5-6-23(27)24(28)16-20/h2-6,15-16,22H,7-14,17-18H2,1H3. The molecular weight excluding hydrogens is 505 g/mol. The van der Waals surface area contributed by atoms with Gasteiger partial charge in [0.1, 0.15) is 5.75 Å². The number of rotatable bonds is 8. The van der Waals surface area contributed by atoms with Crippen molar-refractivity contribution in [3.63, 3.8) is 0 Å². The van der Waals surface area contributed by atoms with E-state index in [4.69, 9.17) is 37.4 Å².